The number of halogens is 1. The van der Waals surface area contributed by atoms with Gasteiger partial charge >= 0.3 is 5.97 Å². The van der Waals surface area contributed by atoms with E-state index in [0.717, 1.165) is 0 Å². The number of nitrogens with one attached hydrogen (secondary N) is 1. The number of aromatic nitrogens is 2. The molecule has 2 aromatic heterocycles. The van der Waals surface area contributed by atoms with Crippen LogP contribution < -0.4 is 4.72 Å². The first-order valence-electron chi connectivity index (χ1n) is 6.69. The highest BCUT2D eigenvalue weighted by Gasteiger charge is 2.31. The van der Waals surface area contributed by atoms with Crippen LogP contribution in [0.25, 0.3) is 10.9 Å². The summed E-state index contributed by atoms with van der Waals surface area (Å²) in [5.41, 5.74) is 0.614. The fraction of sp³-hybridized carbons (Fsp3) is 0.143. The zero-order valence-electron chi connectivity index (χ0n) is 12.6. The predicted octanol–water partition coefficient (Wildman–Crippen LogP) is 2.74. The van der Waals surface area contributed by atoms with Crippen molar-refractivity contribution in [2.45, 2.75) is 11.8 Å². The lowest BCUT2D eigenvalue weighted by Crippen LogP contribution is -2.17. The molecule has 0 aliphatic heterocycles. The summed E-state index contributed by atoms with van der Waals surface area (Å²) in [4.78, 5) is 11.3. The molecular formula is C14H12BrN3O5S. The Kier molecular flexibility index (Phi) is 3.88. The van der Waals surface area contributed by atoms with Crippen molar-refractivity contribution >= 4 is 48.7 Å². The number of carboxylic acids is 1. The fourth-order valence-corrected chi connectivity index (χ4v) is 4.27. The number of aromatic carboxylic acids is 1. The average Bonchev–Trinajstić information content (AvgIpc) is 3.00. The Morgan fingerprint density at radius 2 is 2.04 bits per heavy atom. The molecule has 0 saturated carbocycles. The number of para-hydroxylation sites is 1. The Balaban J connectivity index is 2.26. The van der Waals surface area contributed by atoms with Crippen LogP contribution in [0.1, 0.15) is 16.2 Å². The highest BCUT2D eigenvalue weighted by Crippen LogP contribution is 2.33. The first kappa shape index (κ1) is 16.5. The molecular weight excluding hydrogens is 402 g/mol. The summed E-state index contributed by atoms with van der Waals surface area (Å²) < 4.78 is 34.5. The second-order valence-electron chi connectivity index (χ2n) is 5.08. The van der Waals surface area contributed by atoms with E-state index in [9.17, 15) is 18.3 Å². The summed E-state index contributed by atoms with van der Waals surface area (Å²) in [5.74, 6) is -1.46. The summed E-state index contributed by atoms with van der Waals surface area (Å²) in [6, 6.07) is 6.54. The summed E-state index contributed by atoms with van der Waals surface area (Å²) in [7, 11) is -2.72. The number of aryl methyl sites for hydroxylation is 2. The minimum Gasteiger partial charge on any atom is -0.477 e. The van der Waals surface area contributed by atoms with E-state index in [4.69, 9.17) is 4.52 Å². The summed E-state index contributed by atoms with van der Waals surface area (Å²) >= 11 is 3.17. The van der Waals surface area contributed by atoms with Crippen LogP contribution in [-0.4, -0.2) is 29.2 Å². The van der Waals surface area contributed by atoms with E-state index in [0.29, 0.717) is 21.1 Å². The summed E-state index contributed by atoms with van der Waals surface area (Å²) in [6.07, 6.45) is 0. The van der Waals surface area contributed by atoms with Gasteiger partial charge in [0.25, 0.3) is 15.9 Å². The maximum atomic E-state index is 12.8. The topological polar surface area (TPSA) is 114 Å². The van der Waals surface area contributed by atoms with Crippen LogP contribution in [0.5, 0.6) is 0 Å². The molecule has 0 spiro atoms. The van der Waals surface area contributed by atoms with E-state index >= 15 is 0 Å². The van der Waals surface area contributed by atoms with E-state index in [1.54, 1.807) is 31.2 Å². The number of hydrogen-bond acceptors (Lipinski definition) is 5. The van der Waals surface area contributed by atoms with E-state index < -0.39 is 16.0 Å². The number of benzene rings is 1. The number of fused-ring (bicyclic) bond motifs is 1. The van der Waals surface area contributed by atoms with Gasteiger partial charge in [-0.2, -0.15) is 0 Å². The van der Waals surface area contributed by atoms with Crippen LogP contribution in [-0.2, 0) is 17.1 Å². The molecule has 0 bridgehead atoms. The second-order valence-corrected chi connectivity index (χ2v) is 7.49. The highest BCUT2D eigenvalue weighted by molar-refractivity contribution is 9.10. The molecule has 2 N–H and O–H groups in total. The molecule has 0 unspecified atom stereocenters. The quantitative estimate of drug-likeness (QED) is 0.679. The van der Waals surface area contributed by atoms with E-state index in [1.807, 2.05) is 0 Å². The lowest BCUT2D eigenvalue weighted by atomic mass is 10.2. The zero-order chi connectivity index (χ0) is 17.6. The van der Waals surface area contributed by atoms with Crippen LogP contribution in [0.2, 0.25) is 0 Å². The van der Waals surface area contributed by atoms with Crippen molar-refractivity contribution in [1.82, 2.24) is 9.72 Å². The standard InChI is InChI=1S/C14H12BrN3O5S/c1-7-10(15)13(23-16-7)17-24(21,22)12-8-5-3-4-6-9(8)18(2)11(12)14(19)20/h3-6,17H,1-2H3,(H,19,20). The Morgan fingerprint density at radius 3 is 2.62 bits per heavy atom. The Bertz CT molecular complexity index is 1070. The maximum Gasteiger partial charge on any atom is 0.353 e. The SMILES string of the molecule is Cc1noc(NS(=O)(=O)c2c(C(=O)O)n(C)c3ccccc23)c1Br. The number of sulfonamides is 1. The fourth-order valence-electron chi connectivity index (χ4n) is 2.47. The number of rotatable bonds is 4. The number of carbonyl (C=O) groups is 1. The van der Waals surface area contributed by atoms with Crippen LogP contribution in [0.15, 0.2) is 38.2 Å². The minimum absolute atomic E-state index is 0.114. The van der Waals surface area contributed by atoms with Gasteiger partial charge in [0.15, 0.2) is 0 Å². The van der Waals surface area contributed by atoms with Gasteiger partial charge in [-0.25, -0.2) is 17.9 Å². The molecule has 0 aliphatic rings. The van der Waals surface area contributed by atoms with Crippen molar-refractivity contribution in [2.24, 2.45) is 7.05 Å². The van der Waals surface area contributed by atoms with Gasteiger partial charge in [0.05, 0.1) is 5.69 Å². The van der Waals surface area contributed by atoms with Crippen LogP contribution in [0, 0.1) is 6.92 Å². The summed E-state index contributed by atoms with van der Waals surface area (Å²) in [5, 5.41) is 13.4. The molecule has 0 saturated heterocycles. The van der Waals surface area contributed by atoms with Crippen LogP contribution in [0.4, 0.5) is 5.88 Å². The van der Waals surface area contributed by atoms with Crippen LogP contribution >= 0.6 is 15.9 Å². The first-order valence-corrected chi connectivity index (χ1v) is 8.97. The molecule has 126 valence electrons. The zero-order valence-corrected chi connectivity index (χ0v) is 15.0. The molecule has 10 heteroatoms. The number of nitrogens with zero attached hydrogens (tertiary/aromatic N) is 2. The third-order valence-corrected chi connectivity index (χ3v) is 5.89. The molecule has 2 heterocycles. The average molecular weight is 414 g/mol. The van der Waals surface area contributed by atoms with Gasteiger partial charge in [-0.05, 0) is 28.9 Å². The molecule has 0 radical (unpaired) electrons. The molecule has 0 amide bonds. The Hall–Kier alpha value is -2.33. The van der Waals surface area contributed by atoms with E-state index in [1.165, 1.54) is 11.6 Å². The van der Waals surface area contributed by atoms with Gasteiger partial charge in [0, 0.05) is 18.0 Å². The lowest BCUT2D eigenvalue weighted by molar-refractivity contribution is 0.0682. The number of carboxylic acid groups (broad SMARTS) is 1. The molecule has 24 heavy (non-hydrogen) atoms. The van der Waals surface area contributed by atoms with Crippen molar-refractivity contribution in [3.05, 3.63) is 40.1 Å². The number of hydrogen-bond donors (Lipinski definition) is 2. The minimum atomic E-state index is -4.22. The molecule has 3 aromatic rings. The van der Waals surface area contributed by atoms with Crippen molar-refractivity contribution < 1.29 is 22.8 Å². The smallest absolute Gasteiger partial charge is 0.353 e. The second kappa shape index (κ2) is 5.64. The maximum absolute atomic E-state index is 12.8. The Morgan fingerprint density at radius 1 is 1.38 bits per heavy atom. The van der Waals surface area contributed by atoms with Gasteiger partial charge in [-0.1, -0.05) is 23.4 Å². The van der Waals surface area contributed by atoms with E-state index in [2.05, 4.69) is 25.8 Å². The van der Waals surface area contributed by atoms with Gasteiger partial charge < -0.3 is 14.2 Å². The number of anilines is 1. The van der Waals surface area contributed by atoms with Gasteiger partial charge in [-0.15, -0.1) is 0 Å². The molecule has 3 rings (SSSR count). The molecule has 0 fully saturated rings. The summed E-state index contributed by atoms with van der Waals surface area (Å²) in [6.45, 7) is 1.63. The Labute approximate surface area is 145 Å². The lowest BCUT2D eigenvalue weighted by Gasteiger charge is -2.06. The monoisotopic (exact) mass is 413 g/mol. The van der Waals surface area contributed by atoms with Crippen molar-refractivity contribution in [3.8, 4) is 0 Å². The highest BCUT2D eigenvalue weighted by atomic mass is 79.9. The van der Waals surface area contributed by atoms with Crippen LogP contribution in [0.3, 0.4) is 0 Å². The molecule has 0 atom stereocenters. The third-order valence-electron chi connectivity index (χ3n) is 3.55. The van der Waals surface area contributed by atoms with Gasteiger partial charge in [0.2, 0.25) is 0 Å². The van der Waals surface area contributed by atoms with E-state index in [-0.39, 0.29) is 16.5 Å². The van der Waals surface area contributed by atoms with Crippen molar-refractivity contribution in [1.29, 1.82) is 0 Å². The van der Waals surface area contributed by atoms with Crippen molar-refractivity contribution in [2.75, 3.05) is 4.72 Å². The van der Waals surface area contributed by atoms with Crippen molar-refractivity contribution in [3.63, 3.8) is 0 Å². The molecule has 8 nitrogen and oxygen atoms in total. The third kappa shape index (κ3) is 2.47. The van der Waals surface area contributed by atoms with Gasteiger partial charge in [0.1, 0.15) is 15.1 Å². The predicted molar refractivity (Wildman–Crippen MR) is 89.6 cm³/mol. The first-order chi connectivity index (χ1) is 11.2. The molecule has 1 aromatic carbocycles. The normalized spacial score (nSPS) is 11.8. The largest absolute Gasteiger partial charge is 0.477 e. The molecule has 0 aliphatic carbocycles. The van der Waals surface area contributed by atoms with Gasteiger partial charge in [-0.3, -0.25) is 0 Å².